The molecule has 158 valence electrons. The van der Waals surface area contributed by atoms with E-state index in [1.165, 1.54) is 6.20 Å². The lowest BCUT2D eigenvalue weighted by Crippen LogP contribution is -2.28. The molecule has 0 aliphatic rings. The van der Waals surface area contributed by atoms with Crippen LogP contribution in [0.4, 0.5) is 40.2 Å². The zero-order valence-electron chi connectivity index (χ0n) is 17.4. The Labute approximate surface area is 181 Å². The Morgan fingerprint density at radius 2 is 1.73 bits per heavy atom. The zero-order valence-corrected chi connectivity index (χ0v) is 18.1. The predicted molar refractivity (Wildman–Crippen MR) is 127 cm³/mol. The lowest BCUT2D eigenvalue weighted by Gasteiger charge is -2.23. The van der Waals surface area contributed by atoms with Crippen molar-refractivity contribution in [2.45, 2.75) is 0 Å². The van der Waals surface area contributed by atoms with Crippen molar-refractivity contribution in [1.29, 1.82) is 0 Å². The van der Waals surface area contributed by atoms with E-state index in [-0.39, 0.29) is 0 Å². The van der Waals surface area contributed by atoms with Crippen LogP contribution < -0.4 is 27.0 Å². The van der Waals surface area contributed by atoms with Gasteiger partial charge in [0, 0.05) is 37.2 Å². The first-order chi connectivity index (χ1) is 14.3. The average molecular weight is 427 g/mol. The lowest BCUT2D eigenvalue weighted by molar-refractivity contribution is 0.416. The van der Waals surface area contributed by atoms with E-state index in [9.17, 15) is 0 Å². The van der Waals surface area contributed by atoms with Crippen LogP contribution in [0.3, 0.4) is 0 Å². The van der Waals surface area contributed by atoms with Crippen molar-refractivity contribution in [3.63, 3.8) is 0 Å². The molecule has 0 spiro atoms. The minimum atomic E-state index is 0.402. The first-order valence-electron chi connectivity index (χ1n) is 9.49. The molecule has 30 heavy (non-hydrogen) atoms. The molecule has 0 saturated heterocycles. The van der Waals surface area contributed by atoms with Crippen molar-refractivity contribution in [3.8, 4) is 0 Å². The van der Waals surface area contributed by atoms with E-state index in [1.54, 1.807) is 6.07 Å². The number of nitrogens with two attached hydrogens (primary N) is 2. The van der Waals surface area contributed by atoms with Crippen LogP contribution in [0.1, 0.15) is 0 Å². The zero-order chi connectivity index (χ0) is 21.7. The molecule has 0 atom stereocenters. The van der Waals surface area contributed by atoms with Gasteiger partial charge >= 0.3 is 0 Å². The number of anilines is 7. The van der Waals surface area contributed by atoms with Crippen molar-refractivity contribution in [2.24, 2.45) is 0 Å². The Bertz CT molecular complexity index is 1010. The van der Waals surface area contributed by atoms with Crippen LogP contribution in [0.15, 0.2) is 48.7 Å². The van der Waals surface area contributed by atoms with Crippen LogP contribution in [0.2, 0.25) is 5.02 Å². The summed E-state index contributed by atoms with van der Waals surface area (Å²) in [4.78, 5) is 13.0. The van der Waals surface area contributed by atoms with Crippen molar-refractivity contribution in [3.05, 3.63) is 53.7 Å². The number of hydrogen-bond acceptors (Lipinski definition) is 8. The van der Waals surface area contributed by atoms with E-state index in [0.29, 0.717) is 28.2 Å². The van der Waals surface area contributed by atoms with Gasteiger partial charge in [0.05, 0.1) is 17.6 Å². The van der Waals surface area contributed by atoms with Crippen LogP contribution in [-0.4, -0.2) is 49.1 Å². The van der Waals surface area contributed by atoms with Gasteiger partial charge < -0.3 is 31.9 Å². The number of aromatic nitrogens is 2. The molecule has 3 aromatic rings. The van der Waals surface area contributed by atoms with E-state index in [0.717, 1.165) is 30.2 Å². The minimum absolute atomic E-state index is 0.402. The molecule has 0 radical (unpaired) electrons. The van der Waals surface area contributed by atoms with Gasteiger partial charge in [-0.2, -0.15) is 4.98 Å². The first kappa shape index (κ1) is 21.5. The standard InChI is InChI=1S/C21H27ClN8/c1-29(2)9-10-30(3)19-8-7-16(12-18(19)24)27-21-25-13-17(22)20(28-21)26-15-6-4-5-14(23)11-15/h4-8,11-13H,9-10,23-24H2,1-3H3,(H2,25,26,27,28). The third-order valence-electron chi connectivity index (χ3n) is 4.47. The van der Waals surface area contributed by atoms with Crippen LogP contribution in [-0.2, 0) is 0 Å². The molecule has 3 rings (SSSR count). The number of likely N-dealkylation sites (N-methyl/N-ethyl adjacent to an activating group) is 2. The van der Waals surface area contributed by atoms with Gasteiger partial charge in [-0.3, -0.25) is 0 Å². The molecule has 0 aliphatic carbocycles. The fourth-order valence-electron chi connectivity index (χ4n) is 2.85. The van der Waals surface area contributed by atoms with E-state index in [2.05, 4.69) is 30.4 Å². The maximum atomic E-state index is 6.27. The van der Waals surface area contributed by atoms with Gasteiger partial charge in [0.2, 0.25) is 5.95 Å². The first-order valence-corrected chi connectivity index (χ1v) is 9.87. The second-order valence-corrected chi connectivity index (χ2v) is 7.67. The highest BCUT2D eigenvalue weighted by Gasteiger charge is 2.10. The maximum Gasteiger partial charge on any atom is 0.229 e. The number of nitrogens with zero attached hydrogens (tertiary/aromatic N) is 4. The van der Waals surface area contributed by atoms with Crippen LogP contribution in [0, 0.1) is 0 Å². The Morgan fingerprint density at radius 3 is 2.43 bits per heavy atom. The molecule has 1 aromatic heterocycles. The number of nitrogens with one attached hydrogen (secondary N) is 2. The highest BCUT2D eigenvalue weighted by Crippen LogP contribution is 2.29. The van der Waals surface area contributed by atoms with Gasteiger partial charge in [0.1, 0.15) is 5.02 Å². The smallest absolute Gasteiger partial charge is 0.229 e. The van der Waals surface area contributed by atoms with Crippen molar-refractivity contribution >= 4 is 51.8 Å². The van der Waals surface area contributed by atoms with Gasteiger partial charge in [0.25, 0.3) is 0 Å². The molecule has 0 aliphatic heterocycles. The summed E-state index contributed by atoms with van der Waals surface area (Å²) in [6, 6.07) is 13.1. The quantitative estimate of drug-likeness (QED) is 0.403. The molecule has 9 heteroatoms. The summed E-state index contributed by atoms with van der Waals surface area (Å²) in [5.41, 5.74) is 16.0. The molecule has 2 aromatic carbocycles. The normalized spacial score (nSPS) is 10.8. The maximum absolute atomic E-state index is 6.27. The predicted octanol–water partition coefficient (Wildman–Crippen LogP) is 3.78. The highest BCUT2D eigenvalue weighted by molar-refractivity contribution is 6.32. The number of nitrogen functional groups attached to an aromatic ring is 2. The topological polar surface area (TPSA) is 108 Å². The van der Waals surface area contributed by atoms with Crippen molar-refractivity contribution < 1.29 is 0 Å². The third-order valence-corrected chi connectivity index (χ3v) is 4.75. The Hall–Kier alpha value is -3.23. The summed E-state index contributed by atoms with van der Waals surface area (Å²) in [6.45, 7) is 1.82. The van der Waals surface area contributed by atoms with E-state index in [1.807, 2.05) is 57.5 Å². The number of benzene rings is 2. The molecule has 0 fully saturated rings. The average Bonchev–Trinajstić information content (AvgIpc) is 2.69. The summed E-state index contributed by atoms with van der Waals surface area (Å²) in [5.74, 6) is 0.881. The lowest BCUT2D eigenvalue weighted by atomic mass is 10.2. The van der Waals surface area contributed by atoms with Crippen LogP contribution in [0.5, 0.6) is 0 Å². The molecule has 0 saturated carbocycles. The fourth-order valence-corrected chi connectivity index (χ4v) is 2.99. The highest BCUT2D eigenvalue weighted by atomic mass is 35.5. The summed E-state index contributed by atoms with van der Waals surface area (Å²) < 4.78 is 0. The summed E-state index contributed by atoms with van der Waals surface area (Å²) in [7, 11) is 6.12. The Morgan fingerprint density at radius 1 is 0.967 bits per heavy atom. The van der Waals surface area contributed by atoms with Crippen LogP contribution >= 0.6 is 11.6 Å². The molecule has 8 nitrogen and oxygen atoms in total. The Kier molecular flexibility index (Phi) is 6.81. The van der Waals surface area contributed by atoms with Crippen LogP contribution in [0.25, 0.3) is 0 Å². The van der Waals surface area contributed by atoms with E-state index < -0.39 is 0 Å². The SMILES string of the molecule is CN(C)CCN(C)c1ccc(Nc2ncc(Cl)c(Nc3cccc(N)c3)n2)cc1N. The molecular formula is C21H27ClN8. The van der Waals surface area contributed by atoms with Gasteiger partial charge in [-0.25, -0.2) is 4.98 Å². The molecule has 0 unspecified atom stereocenters. The Balaban J connectivity index is 1.74. The van der Waals surface area contributed by atoms with Gasteiger partial charge in [0.15, 0.2) is 5.82 Å². The summed E-state index contributed by atoms with van der Waals surface area (Å²) in [5, 5.41) is 6.74. The van der Waals surface area contributed by atoms with Gasteiger partial charge in [-0.05, 0) is 50.5 Å². The van der Waals surface area contributed by atoms with Crippen molar-refractivity contribution in [2.75, 3.05) is 61.2 Å². The fraction of sp³-hybridized carbons (Fsp3) is 0.238. The second-order valence-electron chi connectivity index (χ2n) is 7.26. The molecule has 6 N–H and O–H groups in total. The minimum Gasteiger partial charge on any atom is -0.399 e. The molecule has 0 bridgehead atoms. The summed E-state index contributed by atoms with van der Waals surface area (Å²) >= 11 is 6.25. The number of rotatable bonds is 8. The largest absolute Gasteiger partial charge is 0.399 e. The molecular weight excluding hydrogens is 400 g/mol. The van der Waals surface area contributed by atoms with Gasteiger partial charge in [-0.15, -0.1) is 0 Å². The van der Waals surface area contributed by atoms with E-state index in [4.69, 9.17) is 23.1 Å². The second kappa shape index (κ2) is 9.51. The summed E-state index contributed by atoms with van der Waals surface area (Å²) in [6.07, 6.45) is 1.54. The number of halogens is 1. The molecule has 0 amide bonds. The van der Waals surface area contributed by atoms with E-state index >= 15 is 0 Å². The number of hydrogen-bond donors (Lipinski definition) is 4. The monoisotopic (exact) mass is 426 g/mol. The van der Waals surface area contributed by atoms with Crippen molar-refractivity contribution in [1.82, 2.24) is 14.9 Å². The molecule has 1 heterocycles. The van der Waals surface area contributed by atoms with Gasteiger partial charge in [-0.1, -0.05) is 17.7 Å². The third kappa shape index (κ3) is 5.65.